The molecule has 108 valence electrons. The lowest BCUT2D eigenvalue weighted by Crippen LogP contribution is -2.40. The Morgan fingerprint density at radius 2 is 1.89 bits per heavy atom. The highest BCUT2D eigenvalue weighted by atomic mass is 19.3. The zero-order valence-electron chi connectivity index (χ0n) is 10.7. The summed E-state index contributed by atoms with van der Waals surface area (Å²) in [7, 11) is 2.52. The monoisotopic (exact) mass is 278 g/mol. The Morgan fingerprint density at radius 1 is 1.37 bits per heavy atom. The predicted octanol–water partition coefficient (Wildman–Crippen LogP) is 1.03. The van der Waals surface area contributed by atoms with Crippen molar-refractivity contribution in [1.29, 1.82) is 0 Å². The third-order valence-electron chi connectivity index (χ3n) is 4.25. The van der Waals surface area contributed by atoms with Gasteiger partial charge in [0.1, 0.15) is 5.92 Å². The number of hydrogen-bond acceptors (Lipinski definition) is 3. The second-order valence-electron chi connectivity index (χ2n) is 5.00. The van der Waals surface area contributed by atoms with Gasteiger partial charge < -0.3 is 10.0 Å². The first kappa shape index (κ1) is 14.0. The van der Waals surface area contributed by atoms with Crippen LogP contribution in [0.25, 0.3) is 0 Å². The quantitative estimate of drug-likeness (QED) is 0.766. The maximum atomic E-state index is 13.9. The van der Waals surface area contributed by atoms with E-state index in [1.54, 1.807) is 0 Å². The molecular weight excluding hydrogens is 262 g/mol. The molecule has 1 aliphatic carbocycles. The van der Waals surface area contributed by atoms with Crippen molar-refractivity contribution in [1.82, 2.24) is 9.96 Å². The first-order chi connectivity index (χ1) is 8.78. The molecule has 0 aromatic heterocycles. The molecule has 1 saturated heterocycles. The van der Waals surface area contributed by atoms with Gasteiger partial charge in [0.15, 0.2) is 0 Å². The summed E-state index contributed by atoms with van der Waals surface area (Å²) in [5.74, 6) is -5.24. The molecule has 0 bridgehead atoms. The summed E-state index contributed by atoms with van der Waals surface area (Å²) in [5, 5.41) is 9.61. The number of carboxylic acid groups (broad SMARTS) is 1. The normalized spacial score (nSPS) is 27.2. The maximum Gasteiger partial charge on any atom is 0.407 e. The molecule has 1 atom stereocenters. The minimum absolute atomic E-state index is 0.000259. The lowest BCUT2D eigenvalue weighted by molar-refractivity contribution is -0.172. The lowest BCUT2D eigenvalue weighted by atomic mass is 9.90. The second kappa shape index (κ2) is 4.29. The van der Waals surface area contributed by atoms with E-state index in [-0.39, 0.29) is 25.9 Å². The van der Waals surface area contributed by atoms with Gasteiger partial charge in [-0.15, -0.1) is 0 Å². The van der Waals surface area contributed by atoms with Crippen molar-refractivity contribution in [2.45, 2.75) is 18.8 Å². The zero-order chi connectivity index (χ0) is 14.4. The molecule has 0 aromatic carbocycles. The number of hydroxylamine groups is 2. The van der Waals surface area contributed by atoms with E-state index in [0.717, 1.165) is 9.96 Å². The van der Waals surface area contributed by atoms with Crippen LogP contribution < -0.4 is 0 Å². The van der Waals surface area contributed by atoms with E-state index in [1.165, 1.54) is 14.2 Å². The summed E-state index contributed by atoms with van der Waals surface area (Å²) in [6.07, 6.45) is -1.11. The van der Waals surface area contributed by atoms with Crippen LogP contribution in [0.1, 0.15) is 12.8 Å². The molecule has 19 heavy (non-hydrogen) atoms. The van der Waals surface area contributed by atoms with Crippen LogP contribution in [-0.2, 0) is 9.63 Å². The average Bonchev–Trinajstić information content (AvgIpc) is 2.83. The lowest BCUT2D eigenvalue weighted by Gasteiger charge is -2.30. The Balaban J connectivity index is 2.10. The summed E-state index contributed by atoms with van der Waals surface area (Å²) < 4.78 is 27.9. The number of halogens is 2. The molecule has 0 aromatic rings. The molecule has 0 radical (unpaired) electrons. The second-order valence-corrected chi connectivity index (χ2v) is 5.00. The molecule has 1 N–H and O–H groups in total. The van der Waals surface area contributed by atoms with Crippen molar-refractivity contribution in [2.24, 2.45) is 11.3 Å². The van der Waals surface area contributed by atoms with Crippen LogP contribution in [-0.4, -0.2) is 60.2 Å². The van der Waals surface area contributed by atoms with Crippen molar-refractivity contribution in [2.75, 3.05) is 27.2 Å². The minimum Gasteiger partial charge on any atom is -0.465 e. The third kappa shape index (κ3) is 1.85. The Hall–Kier alpha value is -1.44. The molecule has 1 unspecified atom stereocenters. The highest BCUT2D eigenvalue weighted by molar-refractivity contribution is 5.84. The fourth-order valence-electron chi connectivity index (χ4n) is 2.89. The number of alkyl halides is 2. The van der Waals surface area contributed by atoms with Gasteiger partial charge in [0.25, 0.3) is 11.8 Å². The molecule has 1 aliphatic heterocycles. The first-order valence-electron chi connectivity index (χ1n) is 5.95. The number of rotatable bonds is 2. The van der Waals surface area contributed by atoms with Crippen molar-refractivity contribution >= 4 is 12.0 Å². The van der Waals surface area contributed by atoms with E-state index in [1.807, 2.05) is 0 Å². The van der Waals surface area contributed by atoms with Gasteiger partial charge in [0, 0.05) is 20.1 Å². The zero-order valence-corrected chi connectivity index (χ0v) is 10.7. The van der Waals surface area contributed by atoms with E-state index in [4.69, 9.17) is 5.11 Å². The maximum absolute atomic E-state index is 13.9. The molecule has 1 heterocycles. The molecule has 8 heteroatoms. The number of likely N-dealkylation sites (tertiary alicyclic amines) is 1. The van der Waals surface area contributed by atoms with Crippen molar-refractivity contribution < 1.29 is 28.3 Å². The fraction of sp³-hybridized carbons (Fsp3) is 0.818. The number of carbonyl (C=O) groups is 2. The van der Waals surface area contributed by atoms with Gasteiger partial charge in [-0.25, -0.2) is 18.6 Å². The topological polar surface area (TPSA) is 70.1 Å². The summed E-state index contributed by atoms with van der Waals surface area (Å²) in [5.41, 5.74) is -1.40. The molecule has 2 aliphatic rings. The highest BCUT2D eigenvalue weighted by Gasteiger charge is 2.83. The van der Waals surface area contributed by atoms with Gasteiger partial charge in [0.05, 0.1) is 12.5 Å². The number of amides is 2. The minimum atomic E-state index is -3.08. The smallest absolute Gasteiger partial charge is 0.407 e. The Morgan fingerprint density at radius 3 is 2.32 bits per heavy atom. The van der Waals surface area contributed by atoms with E-state index in [9.17, 15) is 18.4 Å². The SMILES string of the molecule is CON(C)C(=O)C1C(F)(F)C12CCN(C(=O)O)CC2. The largest absolute Gasteiger partial charge is 0.465 e. The summed E-state index contributed by atoms with van der Waals surface area (Å²) in [4.78, 5) is 28.3. The van der Waals surface area contributed by atoms with E-state index < -0.39 is 29.3 Å². The highest BCUT2D eigenvalue weighted by Crippen LogP contribution is 2.71. The Kier molecular flexibility index (Phi) is 3.16. The van der Waals surface area contributed by atoms with Gasteiger partial charge in [-0.05, 0) is 12.8 Å². The molecule has 2 amide bonds. The molecule has 6 nitrogen and oxygen atoms in total. The van der Waals surface area contributed by atoms with Crippen molar-refractivity contribution in [3.8, 4) is 0 Å². The van der Waals surface area contributed by atoms with Crippen LogP contribution in [0, 0.1) is 11.3 Å². The summed E-state index contributed by atoms with van der Waals surface area (Å²) in [6.45, 7) is 0.0663. The number of nitrogens with zero attached hydrogens (tertiary/aromatic N) is 2. The Bertz CT molecular complexity index is 407. The van der Waals surface area contributed by atoms with Crippen LogP contribution in [0.15, 0.2) is 0 Å². The van der Waals surface area contributed by atoms with Crippen LogP contribution in [0.2, 0.25) is 0 Å². The van der Waals surface area contributed by atoms with Gasteiger partial charge in [0.2, 0.25) is 0 Å². The number of carbonyl (C=O) groups excluding carboxylic acids is 1. The van der Waals surface area contributed by atoms with Crippen LogP contribution in [0.5, 0.6) is 0 Å². The van der Waals surface area contributed by atoms with E-state index in [2.05, 4.69) is 4.84 Å². The number of piperidine rings is 1. The fourth-order valence-corrected chi connectivity index (χ4v) is 2.89. The standard InChI is InChI=1S/C11H16F2N2O4/c1-14(19-2)8(16)7-10(11(7,12)13)3-5-15(6-4-10)9(17)18/h7H,3-6H2,1-2H3,(H,17,18). The first-order valence-corrected chi connectivity index (χ1v) is 5.95. The molecule has 1 spiro atoms. The van der Waals surface area contributed by atoms with E-state index in [0.29, 0.717) is 0 Å². The van der Waals surface area contributed by atoms with Crippen molar-refractivity contribution in [3.05, 3.63) is 0 Å². The van der Waals surface area contributed by atoms with Crippen LogP contribution >= 0.6 is 0 Å². The third-order valence-corrected chi connectivity index (χ3v) is 4.25. The Labute approximate surface area is 108 Å². The van der Waals surface area contributed by atoms with Gasteiger partial charge in [-0.2, -0.15) is 0 Å². The number of hydrogen-bond donors (Lipinski definition) is 1. The molecule has 2 fully saturated rings. The van der Waals surface area contributed by atoms with Crippen molar-refractivity contribution in [3.63, 3.8) is 0 Å². The summed E-state index contributed by atoms with van der Waals surface area (Å²) in [6, 6.07) is 0. The van der Waals surface area contributed by atoms with Gasteiger partial charge >= 0.3 is 6.09 Å². The molecular formula is C11H16F2N2O4. The molecule has 2 rings (SSSR count). The van der Waals surface area contributed by atoms with Crippen LogP contribution in [0.4, 0.5) is 13.6 Å². The summed E-state index contributed by atoms with van der Waals surface area (Å²) >= 11 is 0. The molecule has 1 saturated carbocycles. The van der Waals surface area contributed by atoms with E-state index >= 15 is 0 Å². The van der Waals surface area contributed by atoms with Crippen LogP contribution in [0.3, 0.4) is 0 Å². The average molecular weight is 278 g/mol. The van der Waals surface area contributed by atoms with Gasteiger partial charge in [-0.3, -0.25) is 9.63 Å². The van der Waals surface area contributed by atoms with Gasteiger partial charge in [-0.1, -0.05) is 0 Å². The predicted molar refractivity (Wildman–Crippen MR) is 59.5 cm³/mol.